The molecular weight excluding hydrogens is 346 g/mol. The number of benzene rings is 2. The summed E-state index contributed by atoms with van der Waals surface area (Å²) in [6.45, 7) is 0. The Bertz CT molecular complexity index is 1270. The van der Waals surface area contributed by atoms with Gasteiger partial charge in [-0.3, -0.25) is 4.99 Å². The second-order valence-electron chi connectivity index (χ2n) is 7.31. The van der Waals surface area contributed by atoms with Gasteiger partial charge in [0, 0.05) is 23.4 Å². The molecule has 1 aliphatic carbocycles. The van der Waals surface area contributed by atoms with Crippen molar-refractivity contribution in [1.82, 2.24) is 9.97 Å². The van der Waals surface area contributed by atoms with Crippen LogP contribution in [0.2, 0.25) is 0 Å². The number of rotatable bonds is 2. The van der Waals surface area contributed by atoms with E-state index in [1.807, 2.05) is 12.1 Å². The van der Waals surface area contributed by atoms with E-state index in [1.54, 1.807) is 0 Å². The van der Waals surface area contributed by atoms with Crippen molar-refractivity contribution in [2.24, 2.45) is 10.9 Å². The Labute approximate surface area is 162 Å². The highest BCUT2D eigenvalue weighted by Crippen LogP contribution is 2.32. The third kappa shape index (κ3) is 2.95. The molecule has 3 aromatic rings. The summed E-state index contributed by atoms with van der Waals surface area (Å²) >= 11 is 0. The number of nitrogen functional groups attached to an aromatic ring is 2. The standard InChI is InChI=1S/C23H21N5/c24-22-18-13-14(8-11-21(18)27-23(25)28-22)12-16-5-3-7-20-17(16)10-9-15-4-1-2-6-19(15)26-20/h1-6,8-9,11,13,16H,7,10,12H2,(H4,24,25,27,28). The van der Waals surface area contributed by atoms with E-state index in [0.717, 1.165) is 35.5 Å². The Kier molecular flexibility index (Phi) is 3.93. The van der Waals surface area contributed by atoms with Crippen LogP contribution in [0.1, 0.15) is 18.4 Å². The highest BCUT2D eigenvalue weighted by atomic mass is 15.0. The summed E-state index contributed by atoms with van der Waals surface area (Å²) in [4.78, 5) is 13.3. The summed E-state index contributed by atoms with van der Waals surface area (Å²) in [6, 6.07) is 14.5. The number of aromatic nitrogens is 2. The van der Waals surface area contributed by atoms with Gasteiger partial charge >= 0.3 is 0 Å². The van der Waals surface area contributed by atoms with E-state index in [4.69, 9.17) is 16.5 Å². The second-order valence-corrected chi connectivity index (χ2v) is 7.31. The van der Waals surface area contributed by atoms with Crippen molar-refractivity contribution < 1.29 is 0 Å². The molecule has 1 unspecified atom stereocenters. The van der Waals surface area contributed by atoms with Gasteiger partial charge in [0.25, 0.3) is 0 Å². The summed E-state index contributed by atoms with van der Waals surface area (Å²) < 4.78 is 0. The van der Waals surface area contributed by atoms with E-state index < -0.39 is 0 Å². The molecule has 1 atom stereocenters. The lowest BCUT2D eigenvalue weighted by atomic mass is 9.84. The van der Waals surface area contributed by atoms with Crippen molar-refractivity contribution in [3.8, 4) is 0 Å². The molecule has 1 aromatic heterocycles. The zero-order valence-electron chi connectivity index (χ0n) is 15.5. The first kappa shape index (κ1) is 16.7. The fourth-order valence-corrected chi connectivity index (χ4v) is 4.11. The molecule has 0 saturated carbocycles. The van der Waals surface area contributed by atoms with Crippen LogP contribution in [-0.2, 0) is 6.42 Å². The first-order chi connectivity index (χ1) is 13.7. The molecule has 138 valence electrons. The Morgan fingerprint density at radius 1 is 1.00 bits per heavy atom. The summed E-state index contributed by atoms with van der Waals surface area (Å²) in [5.41, 5.74) is 16.4. The van der Waals surface area contributed by atoms with E-state index in [9.17, 15) is 0 Å². The molecule has 4 N–H and O–H groups in total. The van der Waals surface area contributed by atoms with Crippen molar-refractivity contribution in [2.45, 2.75) is 19.3 Å². The number of nitrogens with zero attached hydrogens (tertiary/aromatic N) is 3. The molecule has 5 nitrogen and oxygen atoms in total. The molecule has 0 radical (unpaired) electrons. The van der Waals surface area contributed by atoms with Crippen molar-refractivity contribution in [1.29, 1.82) is 0 Å². The minimum absolute atomic E-state index is 0.206. The zero-order valence-corrected chi connectivity index (χ0v) is 15.5. The van der Waals surface area contributed by atoms with Crippen LogP contribution >= 0.6 is 0 Å². The van der Waals surface area contributed by atoms with Crippen molar-refractivity contribution in [2.75, 3.05) is 11.5 Å². The Hall–Kier alpha value is -3.47. The third-order valence-electron chi connectivity index (χ3n) is 5.49. The quantitative estimate of drug-likeness (QED) is 0.682. The lowest BCUT2D eigenvalue weighted by Gasteiger charge is -2.22. The fourth-order valence-electron chi connectivity index (χ4n) is 4.11. The second kappa shape index (κ2) is 6.60. The van der Waals surface area contributed by atoms with Gasteiger partial charge in [-0.25, -0.2) is 4.98 Å². The molecule has 0 fully saturated rings. The maximum Gasteiger partial charge on any atom is 0.222 e. The van der Waals surface area contributed by atoms with Gasteiger partial charge in [-0.2, -0.15) is 4.98 Å². The van der Waals surface area contributed by atoms with Crippen molar-refractivity contribution >= 4 is 28.7 Å². The molecule has 2 heterocycles. The van der Waals surface area contributed by atoms with Crippen LogP contribution in [0.5, 0.6) is 0 Å². The van der Waals surface area contributed by atoms with Crippen LogP contribution in [-0.4, -0.2) is 9.97 Å². The van der Waals surface area contributed by atoms with E-state index in [-0.39, 0.29) is 5.95 Å². The van der Waals surface area contributed by atoms with Crippen LogP contribution in [0, 0.1) is 5.92 Å². The molecule has 0 amide bonds. The number of fused-ring (bicyclic) bond motifs is 2. The van der Waals surface area contributed by atoms with Crippen LogP contribution in [0.3, 0.4) is 0 Å². The van der Waals surface area contributed by atoms with Crippen molar-refractivity contribution in [3.05, 3.63) is 82.0 Å². The van der Waals surface area contributed by atoms with Crippen molar-refractivity contribution in [3.63, 3.8) is 0 Å². The van der Waals surface area contributed by atoms with Gasteiger partial charge in [0.15, 0.2) is 0 Å². The predicted molar refractivity (Wildman–Crippen MR) is 113 cm³/mol. The van der Waals surface area contributed by atoms with Crippen LogP contribution in [0.4, 0.5) is 11.8 Å². The summed E-state index contributed by atoms with van der Waals surface area (Å²) in [5.74, 6) is 0.959. The number of allylic oxidation sites excluding steroid dienone is 3. The molecule has 0 saturated heterocycles. The number of hydrogen-bond acceptors (Lipinski definition) is 5. The average Bonchev–Trinajstić information content (AvgIpc) is 2.88. The van der Waals surface area contributed by atoms with Gasteiger partial charge < -0.3 is 11.5 Å². The predicted octanol–water partition coefficient (Wildman–Crippen LogP) is 2.67. The highest BCUT2D eigenvalue weighted by molar-refractivity contribution is 5.89. The molecule has 1 aliphatic heterocycles. The van der Waals surface area contributed by atoms with Crippen LogP contribution in [0.15, 0.2) is 70.9 Å². The normalized spacial score (nSPS) is 18.1. The number of nitrogens with two attached hydrogens (primary N) is 2. The van der Waals surface area contributed by atoms with Crippen LogP contribution in [0.25, 0.3) is 17.0 Å². The monoisotopic (exact) mass is 367 g/mol. The minimum Gasteiger partial charge on any atom is -0.383 e. The fraction of sp³-hybridized carbons (Fsp3) is 0.174. The molecule has 0 bridgehead atoms. The van der Waals surface area contributed by atoms with E-state index >= 15 is 0 Å². The highest BCUT2D eigenvalue weighted by Gasteiger charge is 2.20. The van der Waals surface area contributed by atoms with Gasteiger partial charge in [0.05, 0.1) is 10.9 Å². The number of anilines is 2. The average molecular weight is 367 g/mol. The lowest BCUT2D eigenvalue weighted by molar-refractivity contribution is 0.705. The van der Waals surface area contributed by atoms with Gasteiger partial charge in [0.2, 0.25) is 5.95 Å². The molecule has 2 aliphatic rings. The van der Waals surface area contributed by atoms with E-state index in [1.165, 1.54) is 22.1 Å². The van der Waals surface area contributed by atoms with Gasteiger partial charge in [0.1, 0.15) is 5.82 Å². The maximum absolute atomic E-state index is 6.06. The van der Waals surface area contributed by atoms with E-state index in [2.05, 4.69) is 58.5 Å². The van der Waals surface area contributed by atoms with Crippen LogP contribution < -0.4 is 22.0 Å². The lowest BCUT2D eigenvalue weighted by Crippen LogP contribution is -2.23. The molecule has 5 heteroatoms. The molecule has 2 aromatic carbocycles. The molecule has 28 heavy (non-hydrogen) atoms. The summed E-state index contributed by atoms with van der Waals surface area (Å²) in [5, 5.41) is 3.13. The Morgan fingerprint density at radius 2 is 1.89 bits per heavy atom. The minimum atomic E-state index is 0.206. The first-order valence-electron chi connectivity index (χ1n) is 9.51. The Balaban J connectivity index is 1.51. The third-order valence-corrected chi connectivity index (χ3v) is 5.49. The number of para-hydroxylation sites is 1. The largest absolute Gasteiger partial charge is 0.383 e. The first-order valence-corrected chi connectivity index (χ1v) is 9.51. The SMILES string of the molecule is Nc1nc(N)c2cc(CC3C=CCC4=C3CC=c3ccccc3=N4)ccc2n1. The number of hydrogen-bond donors (Lipinski definition) is 2. The Morgan fingerprint density at radius 3 is 2.82 bits per heavy atom. The van der Waals surface area contributed by atoms with Gasteiger partial charge in [-0.15, -0.1) is 0 Å². The molecule has 5 rings (SSSR count). The maximum atomic E-state index is 6.06. The summed E-state index contributed by atoms with van der Waals surface area (Å²) in [7, 11) is 0. The van der Waals surface area contributed by atoms with Gasteiger partial charge in [-0.1, -0.05) is 42.5 Å². The smallest absolute Gasteiger partial charge is 0.222 e. The topological polar surface area (TPSA) is 90.2 Å². The zero-order chi connectivity index (χ0) is 19.1. The molecule has 0 spiro atoms. The summed E-state index contributed by atoms with van der Waals surface area (Å²) in [6.07, 6.45) is 9.56. The van der Waals surface area contributed by atoms with E-state index in [0.29, 0.717) is 11.7 Å². The molecular formula is C23H21N5. The van der Waals surface area contributed by atoms with Gasteiger partial charge in [-0.05, 0) is 47.4 Å².